The number of amides is 1. The molecule has 0 saturated heterocycles. The summed E-state index contributed by atoms with van der Waals surface area (Å²) in [5.74, 6) is -3.02. The minimum absolute atomic E-state index is 0.0285. The fourth-order valence-corrected chi connectivity index (χ4v) is 4.21. The van der Waals surface area contributed by atoms with E-state index in [1.807, 2.05) is 0 Å². The molecule has 14 nitrogen and oxygen atoms in total. The molecule has 5 aromatic rings. The Morgan fingerprint density at radius 1 is 0.902 bits per heavy atom. The molecule has 1 aliphatic heterocycles. The number of benzene rings is 2. The topological polar surface area (TPSA) is 197 Å². The second-order valence-electron chi connectivity index (χ2n) is 8.94. The van der Waals surface area contributed by atoms with Crippen LogP contribution in [0.5, 0.6) is 5.88 Å². The van der Waals surface area contributed by atoms with E-state index in [-0.39, 0.29) is 45.6 Å². The molecule has 2 aromatic carbocycles. The number of aromatic carboxylic acids is 2. The second-order valence-corrected chi connectivity index (χ2v) is 8.94. The van der Waals surface area contributed by atoms with Gasteiger partial charge in [0.05, 0.1) is 33.7 Å². The van der Waals surface area contributed by atoms with Crippen LogP contribution >= 0.6 is 0 Å². The highest BCUT2D eigenvalue weighted by molar-refractivity contribution is 6.29. The van der Waals surface area contributed by atoms with Crippen LogP contribution in [0, 0.1) is 6.92 Å². The number of allylic oxidation sites excluding steroid dienone is 2. The van der Waals surface area contributed by atoms with Crippen molar-refractivity contribution in [1.29, 1.82) is 0 Å². The van der Waals surface area contributed by atoms with Crippen molar-refractivity contribution in [3.63, 3.8) is 0 Å². The van der Waals surface area contributed by atoms with E-state index in [2.05, 4.69) is 20.2 Å². The van der Waals surface area contributed by atoms with Crippen molar-refractivity contribution in [2.75, 3.05) is 5.01 Å². The monoisotopic (exact) mass is 554 g/mol. The molecule has 0 radical (unpaired) electrons. The van der Waals surface area contributed by atoms with Gasteiger partial charge in [-0.3, -0.25) is 4.79 Å². The highest BCUT2D eigenvalue weighted by Gasteiger charge is 2.32. The van der Waals surface area contributed by atoms with Gasteiger partial charge in [-0.05, 0) is 62.4 Å². The highest BCUT2D eigenvalue weighted by Crippen LogP contribution is 2.30. The summed E-state index contributed by atoms with van der Waals surface area (Å²) in [7, 11) is 0. The van der Waals surface area contributed by atoms with Crippen molar-refractivity contribution in [3.8, 4) is 11.9 Å². The molecule has 0 fully saturated rings. The van der Waals surface area contributed by atoms with E-state index in [1.165, 1.54) is 42.5 Å². The summed E-state index contributed by atoms with van der Waals surface area (Å²) in [5.41, 5.74) is 2.63. The first-order chi connectivity index (χ1) is 19.6. The number of aromatic hydroxyl groups is 1. The standard InChI is InChI=1S/C27H18N6O8/c1-12-16(22(34)32(30-12)26-28-18-10-14(24(36)37)6-8-20(18)40-26)4-3-5-17-13(2)31-33(23(17)35)27-29-19-11-15(25(38)39)7-9-21(19)41-27/h3-11,34H,1-2H3,(H,36,37)(H,38,39). The number of carbonyl (C=O) groups excluding carboxylic acids is 1. The van der Waals surface area contributed by atoms with Crippen LogP contribution in [0.2, 0.25) is 0 Å². The molecule has 0 bridgehead atoms. The zero-order valence-electron chi connectivity index (χ0n) is 21.3. The summed E-state index contributed by atoms with van der Waals surface area (Å²) in [5, 5.41) is 38.7. The summed E-state index contributed by atoms with van der Waals surface area (Å²) in [4.78, 5) is 44.0. The largest absolute Gasteiger partial charge is 0.493 e. The van der Waals surface area contributed by atoms with Crippen LogP contribution in [-0.4, -0.2) is 58.6 Å². The number of carbonyl (C=O) groups is 3. The van der Waals surface area contributed by atoms with E-state index in [9.17, 15) is 29.7 Å². The molecule has 0 spiro atoms. The number of aryl methyl sites for hydroxylation is 1. The van der Waals surface area contributed by atoms with Crippen LogP contribution in [-0.2, 0) is 4.79 Å². The van der Waals surface area contributed by atoms with Gasteiger partial charge in [0.25, 0.3) is 5.91 Å². The molecule has 4 heterocycles. The third-order valence-corrected chi connectivity index (χ3v) is 6.28. The lowest BCUT2D eigenvalue weighted by Gasteiger charge is -2.04. The van der Waals surface area contributed by atoms with Gasteiger partial charge >= 0.3 is 24.0 Å². The first-order valence-electron chi connectivity index (χ1n) is 12.0. The summed E-state index contributed by atoms with van der Waals surface area (Å²) in [6.45, 7) is 3.29. The first-order valence-corrected chi connectivity index (χ1v) is 12.0. The van der Waals surface area contributed by atoms with Gasteiger partial charge in [0.1, 0.15) is 11.0 Å². The van der Waals surface area contributed by atoms with Crippen molar-refractivity contribution in [2.45, 2.75) is 13.8 Å². The lowest BCUT2D eigenvalue weighted by Crippen LogP contribution is -2.21. The van der Waals surface area contributed by atoms with Gasteiger partial charge in [0.15, 0.2) is 11.2 Å². The van der Waals surface area contributed by atoms with E-state index in [4.69, 9.17) is 8.83 Å². The predicted molar refractivity (Wildman–Crippen MR) is 143 cm³/mol. The van der Waals surface area contributed by atoms with Gasteiger partial charge in [-0.1, -0.05) is 6.08 Å². The number of hydrogen-bond acceptors (Lipinski definition) is 10. The third-order valence-electron chi connectivity index (χ3n) is 6.28. The summed E-state index contributed by atoms with van der Waals surface area (Å²) in [6.07, 6.45) is 4.60. The van der Waals surface area contributed by atoms with Crippen LogP contribution in [0.25, 0.3) is 34.3 Å². The maximum absolute atomic E-state index is 13.1. The molecule has 0 atom stereocenters. The van der Waals surface area contributed by atoms with Crippen molar-refractivity contribution in [2.24, 2.45) is 5.10 Å². The zero-order chi connectivity index (χ0) is 29.0. The Labute approximate surface area is 228 Å². The Kier molecular flexibility index (Phi) is 5.73. The molecule has 0 aliphatic carbocycles. The number of rotatable bonds is 6. The zero-order valence-corrected chi connectivity index (χ0v) is 21.3. The van der Waals surface area contributed by atoms with Gasteiger partial charge in [0.2, 0.25) is 5.88 Å². The second kappa shape index (κ2) is 9.30. The van der Waals surface area contributed by atoms with Crippen LogP contribution < -0.4 is 5.01 Å². The Balaban J connectivity index is 1.25. The normalized spacial score (nSPS) is 14.7. The van der Waals surface area contributed by atoms with Crippen molar-refractivity contribution in [3.05, 3.63) is 76.5 Å². The van der Waals surface area contributed by atoms with Crippen molar-refractivity contribution in [1.82, 2.24) is 19.7 Å². The number of anilines is 1. The number of hydrazone groups is 1. The number of aromatic nitrogens is 4. The maximum atomic E-state index is 13.1. The van der Waals surface area contributed by atoms with E-state index in [1.54, 1.807) is 26.0 Å². The Morgan fingerprint density at radius 2 is 1.49 bits per heavy atom. The summed E-state index contributed by atoms with van der Waals surface area (Å²) < 4.78 is 12.3. The predicted octanol–water partition coefficient (Wildman–Crippen LogP) is 3.93. The molecular weight excluding hydrogens is 536 g/mol. The average molecular weight is 554 g/mol. The molecule has 0 saturated carbocycles. The highest BCUT2D eigenvalue weighted by atomic mass is 16.4. The molecule has 3 N–H and O–H groups in total. The third kappa shape index (κ3) is 4.28. The number of carboxylic acids is 2. The van der Waals surface area contributed by atoms with Crippen molar-refractivity contribution >= 4 is 57.8 Å². The number of nitrogens with zero attached hydrogens (tertiary/aromatic N) is 6. The Morgan fingerprint density at radius 3 is 2.10 bits per heavy atom. The lowest BCUT2D eigenvalue weighted by molar-refractivity contribution is -0.114. The number of fused-ring (bicyclic) bond motifs is 2. The van der Waals surface area contributed by atoms with Gasteiger partial charge in [-0.25, -0.2) is 9.59 Å². The molecule has 1 aliphatic rings. The Hall–Kier alpha value is -6.05. The quantitative estimate of drug-likeness (QED) is 0.257. The van der Waals surface area contributed by atoms with Gasteiger partial charge < -0.3 is 24.2 Å². The summed E-state index contributed by atoms with van der Waals surface area (Å²) >= 11 is 0. The molecule has 14 heteroatoms. The van der Waals surface area contributed by atoms with Crippen molar-refractivity contribution < 1.29 is 38.5 Å². The van der Waals surface area contributed by atoms with Crippen LogP contribution in [0.4, 0.5) is 6.01 Å². The smallest absolute Gasteiger partial charge is 0.335 e. The number of hydrogen-bond donors (Lipinski definition) is 3. The van der Waals surface area contributed by atoms with Gasteiger partial charge in [0, 0.05) is 0 Å². The minimum Gasteiger partial charge on any atom is -0.493 e. The summed E-state index contributed by atoms with van der Waals surface area (Å²) in [6, 6.07) is 8.20. The molecule has 3 aromatic heterocycles. The SMILES string of the molecule is CC1=NN(c2nc3cc(C(=O)O)ccc3o2)C(=O)C1=CC=Cc1c(C)nn(-c2nc3cc(C(=O)O)ccc3o2)c1O. The average Bonchev–Trinajstić information content (AvgIpc) is 3.68. The van der Waals surface area contributed by atoms with E-state index in [0.29, 0.717) is 28.1 Å². The minimum atomic E-state index is -1.12. The molecule has 0 unspecified atom stereocenters. The van der Waals surface area contributed by atoms with Gasteiger partial charge in [-0.15, -0.1) is 9.69 Å². The molecular formula is C27H18N6O8. The van der Waals surface area contributed by atoms with E-state index < -0.39 is 17.8 Å². The lowest BCUT2D eigenvalue weighted by atomic mass is 10.1. The fourth-order valence-electron chi connectivity index (χ4n) is 4.21. The van der Waals surface area contributed by atoms with E-state index >= 15 is 0 Å². The molecule has 41 heavy (non-hydrogen) atoms. The van der Waals surface area contributed by atoms with Crippen LogP contribution in [0.1, 0.15) is 38.9 Å². The first kappa shape index (κ1) is 25.2. The number of carboxylic acid groups (broad SMARTS) is 2. The van der Waals surface area contributed by atoms with Crippen LogP contribution in [0.15, 0.2) is 68.1 Å². The molecule has 6 rings (SSSR count). The molecule has 1 amide bonds. The Bertz CT molecular complexity index is 2030. The van der Waals surface area contributed by atoms with E-state index in [0.717, 1.165) is 9.69 Å². The maximum Gasteiger partial charge on any atom is 0.335 e. The number of oxazole rings is 2. The molecule has 204 valence electrons. The fraction of sp³-hybridized carbons (Fsp3) is 0.0741. The van der Waals surface area contributed by atoms with Gasteiger partial charge in [-0.2, -0.15) is 20.2 Å². The van der Waals surface area contributed by atoms with Crippen LogP contribution in [0.3, 0.4) is 0 Å².